The van der Waals surface area contributed by atoms with Crippen LogP contribution in [-0.4, -0.2) is 17.7 Å². The first-order valence-corrected chi connectivity index (χ1v) is 8.94. The molecule has 1 aromatic heterocycles. The van der Waals surface area contributed by atoms with Crippen LogP contribution in [0.4, 0.5) is 11.6 Å². The van der Waals surface area contributed by atoms with E-state index in [2.05, 4.69) is 0 Å². The summed E-state index contributed by atoms with van der Waals surface area (Å²) in [7, 11) is 0. The van der Waals surface area contributed by atoms with E-state index in [0.29, 0.717) is 11.6 Å². The molecule has 0 saturated heterocycles. The van der Waals surface area contributed by atoms with Gasteiger partial charge in [0.1, 0.15) is 6.26 Å². The number of halogens is 1. The molecule has 0 amide bonds. The van der Waals surface area contributed by atoms with Gasteiger partial charge in [-0.25, -0.2) is 4.79 Å². The first-order valence-electron chi connectivity index (χ1n) is 8.56. The third kappa shape index (κ3) is 4.09. The number of aromatic hydroxyl groups is 1. The Morgan fingerprint density at radius 1 is 1.19 bits per heavy atom. The summed E-state index contributed by atoms with van der Waals surface area (Å²) < 4.78 is 10.7. The number of carbonyl (C=O) groups excluding carboxylic acids is 1. The molecule has 27 heavy (non-hydrogen) atoms. The van der Waals surface area contributed by atoms with Crippen LogP contribution in [0.15, 0.2) is 59.2 Å². The van der Waals surface area contributed by atoms with Crippen LogP contribution in [0.25, 0.3) is 0 Å². The molecule has 0 saturated carbocycles. The highest BCUT2D eigenvalue weighted by molar-refractivity contribution is 6.30. The van der Waals surface area contributed by atoms with Crippen LogP contribution < -0.4 is 4.90 Å². The summed E-state index contributed by atoms with van der Waals surface area (Å²) in [4.78, 5) is 14.2. The van der Waals surface area contributed by atoms with Gasteiger partial charge in [0.05, 0.1) is 13.2 Å². The quantitative estimate of drug-likeness (QED) is 0.570. The lowest BCUT2D eigenvalue weighted by atomic mass is 10.1. The van der Waals surface area contributed by atoms with E-state index >= 15 is 0 Å². The minimum atomic E-state index is -0.631. The van der Waals surface area contributed by atoms with Gasteiger partial charge in [0, 0.05) is 10.7 Å². The van der Waals surface area contributed by atoms with Crippen molar-refractivity contribution in [3.8, 4) is 5.75 Å². The van der Waals surface area contributed by atoms with Gasteiger partial charge in [-0.15, -0.1) is 0 Å². The van der Waals surface area contributed by atoms with Gasteiger partial charge in [-0.2, -0.15) is 0 Å². The van der Waals surface area contributed by atoms with Crippen LogP contribution >= 0.6 is 11.6 Å². The molecule has 6 heteroatoms. The first kappa shape index (κ1) is 18.9. The Labute approximate surface area is 162 Å². The fourth-order valence-corrected chi connectivity index (χ4v) is 2.96. The van der Waals surface area contributed by atoms with E-state index in [-0.39, 0.29) is 23.8 Å². The minimum Gasteiger partial charge on any atom is -0.504 e. The number of nitrogens with zero attached hydrogens (tertiary/aromatic N) is 1. The lowest BCUT2D eigenvalue weighted by Gasteiger charge is -2.25. The van der Waals surface area contributed by atoms with Gasteiger partial charge in [0.2, 0.25) is 5.88 Å². The normalized spacial score (nSPS) is 10.6. The van der Waals surface area contributed by atoms with Crippen molar-refractivity contribution in [1.29, 1.82) is 0 Å². The Hall–Kier alpha value is -2.92. The number of benzene rings is 2. The molecular weight excluding hydrogens is 366 g/mol. The summed E-state index contributed by atoms with van der Waals surface area (Å²) >= 11 is 5.99. The standard InChI is InChI=1S/C21H20ClNO4/c1-3-26-21(25)19-18(24)13-27-20(19)23(17-7-5-4-6-14(17)2)12-15-8-10-16(22)11-9-15/h4-11,13,24H,3,12H2,1-2H3. The lowest BCUT2D eigenvalue weighted by Crippen LogP contribution is -2.20. The van der Waals surface area contributed by atoms with E-state index in [1.807, 2.05) is 48.2 Å². The molecule has 0 aliphatic carbocycles. The van der Waals surface area contributed by atoms with Crippen molar-refractivity contribution in [2.75, 3.05) is 11.5 Å². The zero-order chi connectivity index (χ0) is 19.4. The first-order chi connectivity index (χ1) is 13.0. The van der Waals surface area contributed by atoms with Gasteiger partial charge >= 0.3 is 5.97 Å². The van der Waals surface area contributed by atoms with Crippen molar-refractivity contribution < 1.29 is 19.1 Å². The maximum Gasteiger partial charge on any atom is 0.347 e. The van der Waals surface area contributed by atoms with E-state index in [1.54, 1.807) is 19.1 Å². The predicted octanol–water partition coefficient (Wildman–Crippen LogP) is 5.46. The van der Waals surface area contributed by atoms with Gasteiger partial charge in [0.25, 0.3) is 0 Å². The molecule has 1 N–H and O–H groups in total. The Balaban J connectivity index is 2.09. The monoisotopic (exact) mass is 385 g/mol. The average molecular weight is 386 g/mol. The molecule has 5 nitrogen and oxygen atoms in total. The molecule has 3 rings (SSSR count). The second-order valence-corrected chi connectivity index (χ2v) is 6.46. The second kappa shape index (κ2) is 8.18. The number of hydrogen-bond donors (Lipinski definition) is 1. The number of anilines is 2. The largest absolute Gasteiger partial charge is 0.504 e. The molecule has 140 valence electrons. The van der Waals surface area contributed by atoms with E-state index in [9.17, 15) is 9.90 Å². The van der Waals surface area contributed by atoms with Gasteiger partial charge in [-0.1, -0.05) is 41.9 Å². The van der Waals surface area contributed by atoms with Crippen molar-refractivity contribution >= 4 is 29.1 Å². The molecule has 0 spiro atoms. The van der Waals surface area contributed by atoms with Crippen LogP contribution in [-0.2, 0) is 11.3 Å². The molecule has 0 aliphatic rings. The number of esters is 1. The summed E-state index contributed by atoms with van der Waals surface area (Å²) in [5, 5.41) is 10.8. The molecule has 0 unspecified atom stereocenters. The maximum absolute atomic E-state index is 12.4. The van der Waals surface area contributed by atoms with Gasteiger partial charge in [-0.05, 0) is 43.2 Å². The summed E-state index contributed by atoms with van der Waals surface area (Å²) in [6.45, 7) is 4.30. The Morgan fingerprint density at radius 2 is 1.89 bits per heavy atom. The van der Waals surface area contributed by atoms with Crippen LogP contribution in [0, 0.1) is 6.92 Å². The zero-order valence-corrected chi connectivity index (χ0v) is 15.9. The smallest absolute Gasteiger partial charge is 0.347 e. The molecule has 0 fully saturated rings. The van der Waals surface area contributed by atoms with Gasteiger partial charge in [-0.3, -0.25) is 0 Å². The van der Waals surface area contributed by atoms with Crippen LogP contribution in [0.5, 0.6) is 5.75 Å². The lowest BCUT2D eigenvalue weighted by molar-refractivity contribution is 0.0523. The van der Waals surface area contributed by atoms with E-state index in [0.717, 1.165) is 23.1 Å². The Morgan fingerprint density at radius 3 is 2.56 bits per heavy atom. The highest BCUT2D eigenvalue weighted by Gasteiger charge is 2.28. The third-order valence-corrected chi connectivity index (χ3v) is 4.39. The van der Waals surface area contributed by atoms with E-state index in [4.69, 9.17) is 20.8 Å². The van der Waals surface area contributed by atoms with Gasteiger partial charge < -0.3 is 19.2 Å². The van der Waals surface area contributed by atoms with E-state index < -0.39 is 5.97 Å². The summed E-state index contributed by atoms with van der Waals surface area (Å²) in [5.74, 6) is -0.651. The van der Waals surface area contributed by atoms with Crippen LogP contribution in [0.3, 0.4) is 0 Å². The van der Waals surface area contributed by atoms with Gasteiger partial charge in [0.15, 0.2) is 11.3 Å². The SMILES string of the molecule is CCOC(=O)c1c(O)coc1N(Cc1ccc(Cl)cc1)c1ccccc1C. The molecular formula is C21H20ClNO4. The number of rotatable bonds is 6. The van der Waals surface area contributed by atoms with E-state index in [1.165, 1.54) is 0 Å². The molecule has 0 bridgehead atoms. The number of aryl methyl sites for hydroxylation is 1. The molecule has 1 heterocycles. The predicted molar refractivity (Wildman–Crippen MR) is 105 cm³/mol. The fourth-order valence-electron chi connectivity index (χ4n) is 2.84. The summed E-state index contributed by atoms with van der Waals surface area (Å²) in [6.07, 6.45) is 1.15. The molecule has 3 aromatic rings. The van der Waals surface area contributed by atoms with Crippen molar-refractivity contribution in [2.24, 2.45) is 0 Å². The number of carbonyl (C=O) groups is 1. The minimum absolute atomic E-state index is 0.00839. The van der Waals surface area contributed by atoms with Crippen molar-refractivity contribution in [3.63, 3.8) is 0 Å². The zero-order valence-electron chi connectivity index (χ0n) is 15.1. The highest BCUT2D eigenvalue weighted by Crippen LogP contribution is 2.38. The third-order valence-electron chi connectivity index (χ3n) is 4.14. The van der Waals surface area contributed by atoms with Crippen molar-refractivity contribution in [1.82, 2.24) is 0 Å². The number of para-hydroxylation sites is 1. The Bertz CT molecular complexity index is 934. The van der Waals surface area contributed by atoms with Crippen molar-refractivity contribution in [3.05, 3.63) is 76.5 Å². The maximum atomic E-state index is 12.4. The average Bonchev–Trinajstić information content (AvgIpc) is 3.03. The molecule has 2 aromatic carbocycles. The number of ether oxygens (including phenoxy) is 1. The van der Waals surface area contributed by atoms with Crippen LogP contribution in [0.2, 0.25) is 5.02 Å². The molecule has 0 atom stereocenters. The highest BCUT2D eigenvalue weighted by atomic mass is 35.5. The van der Waals surface area contributed by atoms with Crippen molar-refractivity contribution in [2.45, 2.75) is 20.4 Å². The van der Waals surface area contributed by atoms with Crippen LogP contribution in [0.1, 0.15) is 28.4 Å². The molecule has 0 radical (unpaired) electrons. The second-order valence-electron chi connectivity index (χ2n) is 6.02. The summed E-state index contributed by atoms with van der Waals surface area (Å²) in [6, 6.07) is 15.2. The topological polar surface area (TPSA) is 62.9 Å². The number of furan rings is 1. The Kier molecular flexibility index (Phi) is 5.72. The number of hydrogen-bond acceptors (Lipinski definition) is 5. The fraction of sp³-hybridized carbons (Fsp3) is 0.190. The molecule has 0 aliphatic heterocycles. The summed E-state index contributed by atoms with van der Waals surface area (Å²) in [5.41, 5.74) is 2.83.